The smallest absolute Gasteiger partial charge is 0.125 e. The molecule has 0 unspecified atom stereocenters. The molecule has 2 N–H and O–H groups in total. The Morgan fingerprint density at radius 2 is 2.06 bits per heavy atom. The van der Waals surface area contributed by atoms with Crippen molar-refractivity contribution >= 4 is 11.5 Å². The van der Waals surface area contributed by atoms with Gasteiger partial charge in [0.2, 0.25) is 0 Å². The van der Waals surface area contributed by atoms with Gasteiger partial charge in [-0.1, -0.05) is 0 Å². The number of rotatable bonds is 2. The normalized spacial score (nSPS) is 18.1. The predicted octanol–water partition coefficient (Wildman–Crippen LogP) is 1.19. The van der Waals surface area contributed by atoms with Gasteiger partial charge >= 0.3 is 0 Å². The summed E-state index contributed by atoms with van der Waals surface area (Å²) in [6, 6.07) is 4.71. The number of nitrogen functional groups attached to an aromatic ring is 1. The van der Waals surface area contributed by atoms with Crippen LogP contribution in [-0.4, -0.2) is 43.1 Å². The molecule has 0 radical (unpaired) electrons. The topological polar surface area (TPSA) is 45.4 Å². The molecular formula is C12H20N4. The van der Waals surface area contributed by atoms with Gasteiger partial charge in [-0.15, -0.1) is 0 Å². The average molecular weight is 220 g/mol. The van der Waals surface area contributed by atoms with E-state index < -0.39 is 0 Å². The van der Waals surface area contributed by atoms with Crippen LogP contribution in [0.4, 0.5) is 11.5 Å². The number of anilines is 2. The van der Waals surface area contributed by atoms with E-state index in [4.69, 9.17) is 5.73 Å². The monoisotopic (exact) mass is 220 g/mol. The molecule has 0 aromatic carbocycles. The molecule has 1 aliphatic rings. The highest BCUT2D eigenvalue weighted by atomic mass is 15.2. The Morgan fingerprint density at radius 3 is 2.62 bits per heavy atom. The fraction of sp³-hybridized carbons (Fsp3) is 0.583. The summed E-state index contributed by atoms with van der Waals surface area (Å²) in [7, 11) is 4.31. The summed E-state index contributed by atoms with van der Waals surface area (Å²) in [5, 5.41) is 0. The summed E-state index contributed by atoms with van der Waals surface area (Å²) in [4.78, 5) is 8.73. The lowest BCUT2D eigenvalue weighted by Gasteiger charge is -2.36. The lowest BCUT2D eigenvalue weighted by Crippen LogP contribution is -2.42. The average Bonchev–Trinajstić information content (AvgIpc) is 2.29. The molecule has 16 heavy (non-hydrogen) atoms. The van der Waals surface area contributed by atoms with Crippen LogP contribution in [0.1, 0.15) is 12.8 Å². The van der Waals surface area contributed by atoms with Gasteiger partial charge in [-0.25, -0.2) is 4.98 Å². The molecule has 2 rings (SSSR count). The summed E-state index contributed by atoms with van der Waals surface area (Å²) in [6.07, 6.45) is 4.22. The third-order valence-electron chi connectivity index (χ3n) is 3.32. The lowest BCUT2D eigenvalue weighted by atomic mass is 10.0. The number of nitrogens with two attached hydrogens (primary N) is 1. The highest BCUT2D eigenvalue weighted by Crippen LogP contribution is 2.22. The third kappa shape index (κ3) is 2.44. The molecule has 0 saturated carbocycles. The molecule has 0 spiro atoms. The van der Waals surface area contributed by atoms with E-state index in [0.717, 1.165) is 19.1 Å². The summed E-state index contributed by atoms with van der Waals surface area (Å²) in [6.45, 7) is 2.21. The first kappa shape index (κ1) is 11.2. The molecular weight excluding hydrogens is 200 g/mol. The van der Waals surface area contributed by atoms with Crippen molar-refractivity contribution in [2.24, 2.45) is 0 Å². The van der Waals surface area contributed by atoms with E-state index in [0.29, 0.717) is 5.82 Å². The van der Waals surface area contributed by atoms with Crippen LogP contribution < -0.4 is 10.6 Å². The minimum atomic E-state index is 0.604. The van der Waals surface area contributed by atoms with Crippen molar-refractivity contribution < 1.29 is 0 Å². The van der Waals surface area contributed by atoms with E-state index >= 15 is 0 Å². The Kier molecular flexibility index (Phi) is 3.29. The van der Waals surface area contributed by atoms with Crippen molar-refractivity contribution in [2.75, 3.05) is 37.8 Å². The number of hydrogen-bond donors (Lipinski definition) is 1. The molecule has 0 amide bonds. The summed E-state index contributed by atoms with van der Waals surface area (Å²) in [5.41, 5.74) is 6.89. The van der Waals surface area contributed by atoms with Crippen LogP contribution in [0.3, 0.4) is 0 Å². The Labute approximate surface area is 97.1 Å². The fourth-order valence-electron chi connectivity index (χ4n) is 2.27. The van der Waals surface area contributed by atoms with Gasteiger partial charge in [-0.05, 0) is 33.0 Å². The van der Waals surface area contributed by atoms with Gasteiger partial charge in [-0.2, -0.15) is 0 Å². The lowest BCUT2D eigenvalue weighted by molar-refractivity contribution is 0.249. The van der Waals surface area contributed by atoms with E-state index in [1.165, 1.54) is 18.5 Å². The molecule has 0 atom stereocenters. The summed E-state index contributed by atoms with van der Waals surface area (Å²) < 4.78 is 0. The Morgan fingerprint density at radius 1 is 1.38 bits per heavy atom. The van der Waals surface area contributed by atoms with E-state index in [1.807, 2.05) is 12.1 Å². The van der Waals surface area contributed by atoms with Gasteiger partial charge in [0.25, 0.3) is 0 Å². The van der Waals surface area contributed by atoms with Crippen LogP contribution in [0.15, 0.2) is 18.3 Å². The SMILES string of the molecule is CN(C)C1CCN(c2ccnc(N)c2)CC1. The quantitative estimate of drug-likeness (QED) is 0.813. The zero-order valence-corrected chi connectivity index (χ0v) is 10.1. The second kappa shape index (κ2) is 4.70. The molecule has 0 aliphatic carbocycles. The summed E-state index contributed by atoms with van der Waals surface area (Å²) >= 11 is 0. The number of hydrogen-bond acceptors (Lipinski definition) is 4. The molecule has 1 fully saturated rings. The van der Waals surface area contributed by atoms with Gasteiger partial charge in [-0.3, -0.25) is 0 Å². The van der Waals surface area contributed by atoms with Gasteiger partial charge in [0.05, 0.1) is 0 Å². The molecule has 0 bridgehead atoms. The highest BCUT2D eigenvalue weighted by molar-refractivity contribution is 5.52. The fourth-order valence-corrected chi connectivity index (χ4v) is 2.27. The number of nitrogens with zero attached hydrogens (tertiary/aromatic N) is 3. The van der Waals surface area contributed by atoms with Crippen molar-refractivity contribution in [3.8, 4) is 0 Å². The molecule has 4 nitrogen and oxygen atoms in total. The van der Waals surface area contributed by atoms with Crippen molar-refractivity contribution in [3.63, 3.8) is 0 Å². The first-order valence-corrected chi connectivity index (χ1v) is 5.80. The zero-order valence-electron chi connectivity index (χ0n) is 10.1. The predicted molar refractivity (Wildman–Crippen MR) is 67.6 cm³/mol. The third-order valence-corrected chi connectivity index (χ3v) is 3.32. The number of pyridine rings is 1. The first-order valence-electron chi connectivity index (χ1n) is 5.80. The molecule has 88 valence electrons. The van der Waals surface area contributed by atoms with Gasteiger partial charge in [0.1, 0.15) is 5.82 Å². The maximum atomic E-state index is 5.69. The Balaban J connectivity index is 1.99. The van der Waals surface area contributed by atoms with Crippen LogP contribution in [0, 0.1) is 0 Å². The molecule has 4 heteroatoms. The van der Waals surface area contributed by atoms with Gasteiger partial charge in [0.15, 0.2) is 0 Å². The van der Waals surface area contributed by atoms with Crippen molar-refractivity contribution in [1.82, 2.24) is 9.88 Å². The van der Waals surface area contributed by atoms with Crippen molar-refractivity contribution in [2.45, 2.75) is 18.9 Å². The second-order valence-corrected chi connectivity index (χ2v) is 4.62. The van der Waals surface area contributed by atoms with Crippen LogP contribution in [0.5, 0.6) is 0 Å². The maximum Gasteiger partial charge on any atom is 0.125 e. The molecule has 1 saturated heterocycles. The highest BCUT2D eigenvalue weighted by Gasteiger charge is 2.20. The van der Waals surface area contributed by atoms with E-state index in [1.54, 1.807) is 6.20 Å². The molecule has 1 aliphatic heterocycles. The number of aromatic nitrogens is 1. The van der Waals surface area contributed by atoms with E-state index in [-0.39, 0.29) is 0 Å². The number of piperidine rings is 1. The largest absolute Gasteiger partial charge is 0.384 e. The van der Waals surface area contributed by atoms with Gasteiger partial charge < -0.3 is 15.5 Å². The molecule has 1 aromatic rings. The molecule has 1 aromatic heterocycles. The van der Waals surface area contributed by atoms with Crippen molar-refractivity contribution in [3.05, 3.63) is 18.3 Å². The first-order chi connectivity index (χ1) is 7.66. The summed E-state index contributed by atoms with van der Waals surface area (Å²) in [5.74, 6) is 0.604. The van der Waals surface area contributed by atoms with Gasteiger partial charge in [0, 0.05) is 37.1 Å². The Hall–Kier alpha value is -1.29. The second-order valence-electron chi connectivity index (χ2n) is 4.62. The van der Waals surface area contributed by atoms with E-state index in [9.17, 15) is 0 Å². The van der Waals surface area contributed by atoms with Crippen LogP contribution in [-0.2, 0) is 0 Å². The minimum Gasteiger partial charge on any atom is -0.384 e. The Bertz CT molecular complexity index is 343. The van der Waals surface area contributed by atoms with E-state index in [2.05, 4.69) is 28.9 Å². The van der Waals surface area contributed by atoms with Crippen LogP contribution in [0.2, 0.25) is 0 Å². The van der Waals surface area contributed by atoms with Crippen molar-refractivity contribution in [1.29, 1.82) is 0 Å². The van der Waals surface area contributed by atoms with Crippen LogP contribution in [0.25, 0.3) is 0 Å². The van der Waals surface area contributed by atoms with Crippen LogP contribution >= 0.6 is 0 Å². The zero-order chi connectivity index (χ0) is 11.5. The molecule has 2 heterocycles. The minimum absolute atomic E-state index is 0.604. The standard InChI is InChI=1S/C12H20N4/c1-15(2)10-4-7-16(8-5-10)11-3-6-14-12(13)9-11/h3,6,9-10H,4-5,7-8H2,1-2H3,(H2,13,14). The maximum absolute atomic E-state index is 5.69.